The Morgan fingerprint density at radius 1 is 0.467 bits per heavy atom. The molecule has 0 N–H and O–H groups in total. The fourth-order valence-electron chi connectivity index (χ4n) is 3.74. The number of hydrogen-bond donors (Lipinski definition) is 0. The third-order valence-electron chi connectivity index (χ3n) is 4.99. The first-order chi connectivity index (χ1) is 14.0. The molecule has 0 radical (unpaired) electrons. The molecule has 4 rings (SSSR count). The number of benzene rings is 4. The third kappa shape index (κ3) is 4.01. The highest BCUT2D eigenvalue weighted by Gasteiger charge is 2.48. The van der Waals surface area contributed by atoms with Gasteiger partial charge in [-0.05, 0) is 54.6 Å². The summed E-state index contributed by atoms with van der Waals surface area (Å²) in [6.45, 7) is 0. The maximum Gasteiger partial charge on any atom is 0.416 e. The maximum absolute atomic E-state index is 13.6. The van der Waals surface area contributed by atoms with Crippen molar-refractivity contribution in [1.29, 1.82) is 0 Å². The third-order valence-corrected chi connectivity index (χ3v) is 9.26. The van der Waals surface area contributed by atoms with Crippen LogP contribution in [0.2, 0.25) is 0 Å². The van der Waals surface area contributed by atoms with E-state index < -0.39 is 19.0 Å². The zero-order valence-corrected chi connectivity index (χ0v) is 17.6. The average Bonchev–Trinajstić information content (AvgIpc) is 2.76. The van der Waals surface area contributed by atoms with Gasteiger partial charge in [-0.15, -0.1) is 0 Å². The summed E-state index contributed by atoms with van der Waals surface area (Å²) < 4.78 is 40.7. The summed E-state index contributed by atoms with van der Waals surface area (Å²) in [5.41, 5.74) is -0.623. The molecule has 5 heteroatoms. The fraction of sp³-hybridized carbons (Fsp3) is 0.0400. The van der Waals surface area contributed by atoms with Gasteiger partial charge in [-0.2, -0.15) is 13.2 Å². The molecular weight excluding hydrogens is 424 g/mol. The molecule has 4 aromatic rings. The lowest BCUT2D eigenvalue weighted by atomic mass is 10.2. The van der Waals surface area contributed by atoms with Crippen molar-refractivity contribution in [2.75, 3.05) is 0 Å². The lowest BCUT2D eigenvalue weighted by Gasteiger charge is -2.28. The van der Waals surface area contributed by atoms with Crippen LogP contribution in [0.5, 0.6) is 0 Å². The monoisotopic (exact) mass is 442 g/mol. The molecule has 4 aromatic carbocycles. The van der Waals surface area contributed by atoms with Gasteiger partial charge in [-0.25, -0.2) is 0 Å². The van der Waals surface area contributed by atoms with E-state index in [4.69, 9.17) is 0 Å². The predicted octanol–water partition coefficient (Wildman–Crippen LogP) is 2.33. The highest BCUT2D eigenvalue weighted by Crippen LogP contribution is 2.54. The van der Waals surface area contributed by atoms with Crippen LogP contribution in [0.1, 0.15) is 5.56 Å². The van der Waals surface area contributed by atoms with Crippen LogP contribution < -0.4 is 33.6 Å². The first kappa shape index (κ1) is 22.1. The Morgan fingerprint density at radius 2 is 0.833 bits per heavy atom. The van der Waals surface area contributed by atoms with Crippen molar-refractivity contribution in [3.8, 4) is 0 Å². The molecule has 0 aliphatic heterocycles. The van der Waals surface area contributed by atoms with Crippen molar-refractivity contribution in [2.24, 2.45) is 0 Å². The van der Waals surface area contributed by atoms with Crippen LogP contribution in [0.4, 0.5) is 13.2 Å². The van der Waals surface area contributed by atoms with Gasteiger partial charge in [0.1, 0.15) is 28.5 Å². The van der Waals surface area contributed by atoms with Crippen LogP contribution in [0.15, 0.2) is 115 Å². The zero-order valence-electron chi connectivity index (χ0n) is 15.9. The molecule has 0 unspecified atom stereocenters. The predicted molar refractivity (Wildman–Crippen MR) is 116 cm³/mol. The normalized spacial score (nSPS) is 11.6. The largest absolute Gasteiger partial charge is 1.00 e. The van der Waals surface area contributed by atoms with Crippen molar-refractivity contribution in [3.05, 3.63) is 121 Å². The van der Waals surface area contributed by atoms with E-state index in [1.807, 2.05) is 97.1 Å². The minimum atomic E-state index is -4.39. The number of hydrogen-bond acceptors (Lipinski definition) is 0. The summed E-state index contributed by atoms with van der Waals surface area (Å²) in [7, 11) is -2.50. The molecular formula is C25H19ClF3P. The highest BCUT2D eigenvalue weighted by atomic mass is 35.5. The van der Waals surface area contributed by atoms with Gasteiger partial charge in [0, 0.05) is 0 Å². The molecule has 0 nitrogen and oxygen atoms in total. The van der Waals surface area contributed by atoms with Crippen LogP contribution in [0.25, 0.3) is 0 Å². The van der Waals surface area contributed by atoms with E-state index in [1.54, 1.807) is 0 Å². The first-order valence-corrected chi connectivity index (χ1v) is 11.1. The Labute approximate surface area is 181 Å². The molecule has 0 aliphatic rings. The molecule has 0 aliphatic carbocycles. The molecule has 0 fully saturated rings. The smallest absolute Gasteiger partial charge is 0.416 e. The van der Waals surface area contributed by atoms with Crippen molar-refractivity contribution in [1.82, 2.24) is 0 Å². The van der Waals surface area contributed by atoms with Crippen LogP contribution in [-0.2, 0) is 6.18 Å². The quantitative estimate of drug-likeness (QED) is 0.426. The van der Waals surface area contributed by atoms with Crippen molar-refractivity contribution in [3.63, 3.8) is 0 Å². The molecule has 30 heavy (non-hydrogen) atoms. The van der Waals surface area contributed by atoms with Gasteiger partial charge in [0.25, 0.3) is 0 Å². The number of halogens is 4. The summed E-state index contributed by atoms with van der Waals surface area (Å²) in [5.74, 6) is 0. The molecule has 152 valence electrons. The summed E-state index contributed by atoms with van der Waals surface area (Å²) >= 11 is 0. The topological polar surface area (TPSA) is 0 Å². The van der Waals surface area contributed by atoms with Gasteiger partial charge in [0.15, 0.2) is 0 Å². The fourth-order valence-corrected chi connectivity index (χ4v) is 8.03. The van der Waals surface area contributed by atoms with E-state index in [9.17, 15) is 13.2 Å². The molecule has 0 aromatic heterocycles. The Morgan fingerprint density at radius 3 is 1.20 bits per heavy atom. The van der Waals surface area contributed by atoms with Crippen molar-refractivity contribution >= 4 is 28.5 Å². The van der Waals surface area contributed by atoms with E-state index in [0.29, 0.717) is 5.30 Å². The minimum absolute atomic E-state index is 0. The first-order valence-electron chi connectivity index (χ1n) is 9.26. The lowest BCUT2D eigenvalue weighted by molar-refractivity contribution is -0.137. The van der Waals surface area contributed by atoms with Gasteiger partial charge >= 0.3 is 6.18 Å². The highest BCUT2D eigenvalue weighted by molar-refractivity contribution is 8.01. The second kappa shape index (κ2) is 9.04. The Kier molecular flexibility index (Phi) is 6.65. The summed E-state index contributed by atoms with van der Waals surface area (Å²) in [6.07, 6.45) is -4.39. The van der Waals surface area contributed by atoms with Gasteiger partial charge in [0.05, 0.1) is 5.56 Å². The van der Waals surface area contributed by atoms with Crippen LogP contribution in [0, 0.1) is 0 Å². The maximum atomic E-state index is 13.6. The summed E-state index contributed by atoms with van der Waals surface area (Å²) in [5, 5.41) is 3.76. The van der Waals surface area contributed by atoms with E-state index in [1.165, 1.54) is 12.1 Å². The molecule has 0 amide bonds. The van der Waals surface area contributed by atoms with E-state index in [-0.39, 0.29) is 12.4 Å². The number of alkyl halides is 3. The second-order valence-corrected chi connectivity index (χ2v) is 10.1. The van der Waals surface area contributed by atoms with Gasteiger partial charge < -0.3 is 12.4 Å². The molecule has 0 heterocycles. The van der Waals surface area contributed by atoms with Crippen LogP contribution >= 0.6 is 7.26 Å². The molecule has 0 atom stereocenters. The minimum Gasteiger partial charge on any atom is -1.00 e. The van der Waals surface area contributed by atoms with E-state index >= 15 is 0 Å². The Balaban J connectivity index is 0.00000256. The molecule has 0 saturated carbocycles. The van der Waals surface area contributed by atoms with Gasteiger partial charge in [-0.1, -0.05) is 60.7 Å². The molecule has 0 bridgehead atoms. The van der Waals surface area contributed by atoms with Gasteiger partial charge in [0.2, 0.25) is 0 Å². The number of rotatable bonds is 4. The van der Waals surface area contributed by atoms with Crippen LogP contribution in [-0.4, -0.2) is 0 Å². The SMILES string of the molecule is FC(F)(F)c1cccc([P+](c2ccccc2)(c2ccccc2)c2ccccc2)c1.[Cl-]. The standard InChI is InChI=1S/C25H19F3P.ClH/c26-25(27,28)20-11-10-18-24(19-20)29(21-12-4-1-5-13-21,22-14-6-2-7-15-22)23-16-8-3-9-17-23;/h1-19H;1H/q+1;/p-1. The van der Waals surface area contributed by atoms with Crippen molar-refractivity contribution in [2.45, 2.75) is 6.18 Å². The molecule has 0 spiro atoms. The average molecular weight is 443 g/mol. The van der Waals surface area contributed by atoms with E-state index in [0.717, 1.165) is 22.0 Å². The summed E-state index contributed by atoms with van der Waals surface area (Å²) in [6, 6.07) is 35.4. The van der Waals surface area contributed by atoms with Gasteiger partial charge in [-0.3, -0.25) is 0 Å². The lowest BCUT2D eigenvalue weighted by Crippen LogP contribution is -3.00. The van der Waals surface area contributed by atoms with Crippen LogP contribution in [0.3, 0.4) is 0 Å². The zero-order chi connectivity index (χ0) is 20.3. The molecule has 0 saturated heterocycles. The Hall–Kier alpha value is -2.61. The van der Waals surface area contributed by atoms with Crippen molar-refractivity contribution < 1.29 is 25.6 Å². The van der Waals surface area contributed by atoms with E-state index in [2.05, 4.69) is 0 Å². The second-order valence-electron chi connectivity index (χ2n) is 6.73. The summed E-state index contributed by atoms with van der Waals surface area (Å²) in [4.78, 5) is 0. The Bertz CT molecular complexity index is 985.